The van der Waals surface area contributed by atoms with Crippen LogP contribution in [0.25, 0.3) is 0 Å². The Hall–Kier alpha value is -2.96. The van der Waals surface area contributed by atoms with E-state index in [0.717, 1.165) is 5.57 Å². The molecular formula is C28H34O7. The van der Waals surface area contributed by atoms with E-state index in [0.29, 0.717) is 24.8 Å². The van der Waals surface area contributed by atoms with Crippen molar-refractivity contribution in [1.82, 2.24) is 0 Å². The summed E-state index contributed by atoms with van der Waals surface area (Å²) in [6, 6.07) is 0. The maximum absolute atomic E-state index is 13.7. The number of aliphatic hydroxyl groups is 1. The molecule has 0 radical (unpaired) electrons. The first-order valence-corrected chi connectivity index (χ1v) is 12.4. The standard InChI is InChI=1S/C28H34O7/c1-6-24(32)34-15-23(31)28(35-25(33)7-2)16(3)12-21-19-9-8-17-13-18(29)14-22(30)27(17,5)20(19)10-11-26(21,28)4/h8-9,13-14,19-21,29H,3,6-7,10-12,15H2,1-2,4-5H3/t19-,20+,21+,26+,27+,28-/m1/s1. The van der Waals surface area contributed by atoms with Crippen LogP contribution in [0.3, 0.4) is 0 Å². The van der Waals surface area contributed by atoms with Crippen molar-refractivity contribution in [2.45, 2.75) is 65.4 Å². The predicted octanol–water partition coefficient (Wildman–Crippen LogP) is 4.34. The van der Waals surface area contributed by atoms with Crippen molar-refractivity contribution in [1.29, 1.82) is 0 Å². The van der Waals surface area contributed by atoms with Gasteiger partial charge in [-0.3, -0.25) is 19.2 Å². The number of fused-ring (bicyclic) bond motifs is 5. The topological polar surface area (TPSA) is 107 Å². The van der Waals surface area contributed by atoms with E-state index in [2.05, 4.69) is 12.7 Å². The molecule has 6 atom stereocenters. The SMILES string of the molecule is C=C1C[C@H]2[C@@H]3C=CC4=CC(O)=CC(=O)[C@]4(C)[C@H]3CC[C@]2(C)[C@]1(OC(=O)CC)C(=O)COC(=O)CC. The zero-order valence-corrected chi connectivity index (χ0v) is 20.9. The Bertz CT molecular complexity index is 1090. The third kappa shape index (κ3) is 3.46. The fraction of sp³-hybridized carbons (Fsp3) is 0.571. The maximum Gasteiger partial charge on any atom is 0.306 e. The molecule has 35 heavy (non-hydrogen) atoms. The Morgan fingerprint density at radius 2 is 1.80 bits per heavy atom. The summed E-state index contributed by atoms with van der Waals surface area (Å²) in [5, 5.41) is 10.00. The molecule has 2 fully saturated rings. The molecule has 4 aliphatic carbocycles. The van der Waals surface area contributed by atoms with Crippen molar-refractivity contribution in [3.05, 3.63) is 47.8 Å². The number of ether oxygens (including phenoxy) is 2. The van der Waals surface area contributed by atoms with Crippen molar-refractivity contribution >= 4 is 23.5 Å². The van der Waals surface area contributed by atoms with Gasteiger partial charge in [0.1, 0.15) is 5.76 Å². The quantitative estimate of drug-likeness (QED) is 0.443. The lowest BCUT2D eigenvalue weighted by molar-refractivity contribution is -0.185. The van der Waals surface area contributed by atoms with Gasteiger partial charge in [-0.1, -0.05) is 39.5 Å². The van der Waals surface area contributed by atoms with Crippen LogP contribution in [0.4, 0.5) is 0 Å². The van der Waals surface area contributed by atoms with Gasteiger partial charge < -0.3 is 14.6 Å². The number of carbonyl (C=O) groups excluding carboxylic acids is 4. The number of rotatable bonds is 6. The van der Waals surface area contributed by atoms with E-state index >= 15 is 0 Å². The van der Waals surface area contributed by atoms with Crippen molar-refractivity contribution in [3.63, 3.8) is 0 Å². The van der Waals surface area contributed by atoms with Crippen molar-refractivity contribution in [2.24, 2.45) is 28.6 Å². The van der Waals surface area contributed by atoms with Crippen LogP contribution in [-0.2, 0) is 28.7 Å². The second-order valence-electron chi connectivity index (χ2n) is 10.6. The first-order valence-electron chi connectivity index (χ1n) is 12.4. The van der Waals surface area contributed by atoms with Gasteiger partial charge in [-0.15, -0.1) is 0 Å². The van der Waals surface area contributed by atoms with Gasteiger partial charge in [0.05, 0.1) is 5.41 Å². The van der Waals surface area contributed by atoms with E-state index in [-0.39, 0.29) is 42.1 Å². The minimum atomic E-state index is -1.59. The van der Waals surface area contributed by atoms with Gasteiger partial charge in [-0.05, 0) is 61.2 Å². The number of esters is 2. The minimum Gasteiger partial charge on any atom is -0.508 e. The third-order valence-corrected chi connectivity index (χ3v) is 9.03. The number of ketones is 2. The summed E-state index contributed by atoms with van der Waals surface area (Å²) in [6.45, 7) is 10.9. The number of Topliss-reactive ketones (excluding diaryl/α,β-unsaturated/α-hetero) is 1. The Balaban J connectivity index is 1.76. The van der Waals surface area contributed by atoms with Gasteiger partial charge >= 0.3 is 11.9 Å². The zero-order chi connectivity index (χ0) is 25.8. The predicted molar refractivity (Wildman–Crippen MR) is 128 cm³/mol. The molecule has 188 valence electrons. The van der Waals surface area contributed by atoms with E-state index < -0.39 is 40.8 Å². The molecule has 0 amide bonds. The molecule has 0 aromatic heterocycles. The summed E-state index contributed by atoms with van der Waals surface area (Å²) in [5.74, 6) is -1.85. The summed E-state index contributed by atoms with van der Waals surface area (Å²) in [5.41, 5.74) is -1.85. The van der Waals surface area contributed by atoms with Gasteiger partial charge in [0, 0.05) is 24.3 Å². The van der Waals surface area contributed by atoms with Gasteiger partial charge in [0.25, 0.3) is 0 Å². The largest absolute Gasteiger partial charge is 0.508 e. The van der Waals surface area contributed by atoms with Gasteiger partial charge in [0.2, 0.25) is 5.78 Å². The first kappa shape index (κ1) is 25.1. The third-order valence-electron chi connectivity index (χ3n) is 9.03. The van der Waals surface area contributed by atoms with E-state index in [1.54, 1.807) is 19.9 Å². The van der Waals surface area contributed by atoms with Crippen LogP contribution < -0.4 is 0 Å². The molecule has 0 aromatic carbocycles. The molecule has 1 N–H and O–H groups in total. The van der Waals surface area contributed by atoms with E-state index in [1.165, 1.54) is 6.08 Å². The van der Waals surface area contributed by atoms with Crippen LogP contribution in [0.2, 0.25) is 0 Å². The molecule has 4 aliphatic rings. The molecule has 4 rings (SSSR count). The molecule has 0 saturated heterocycles. The highest BCUT2D eigenvalue weighted by molar-refractivity contribution is 6.00. The van der Waals surface area contributed by atoms with Crippen LogP contribution >= 0.6 is 0 Å². The van der Waals surface area contributed by atoms with Gasteiger partial charge in [-0.2, -0.15) is 0 Å². The summed E-state index contributed by atoms with van der Waals surface area (Å²) in [4.78, 5) is 51.3. The molecule has 0 bridgehead atoms. The van der Waals surface area contributed by atoms with Gasteiger partial charge in [-0.25, -0.2) is 0 Å². The fourth-order valence-corrected chi connectivity index (χ4v) is 7.06. The molecule has 0 heterocycles. The molecule has 0 aromatic rings. The molecule has 0 aliphatic heterocycles. The van der Waals surface area contributed by atoms with Crippen molar-refractivity contribution < 1.29 is 33.8 Å². The molecular weight excluding hydrogens is 448 g/mol. The van der Waals surface area contributed by atoms with Crippen molar-refractivity contribution in [3.8, 4) is 0 Å². The Kier molecular flexibility index (Phi) is 6.18. The normalized spacial score (nSPS) is 37.4. The highest BCUT2D eigenvalue weighted by Gasteiger charge is 2.70. The Labute approximate surface area is 205 Å². The van der Waals surface area contributed by atoms with Crippen LogP contribution in [0.15, 0.2) is 47.8 Å². The van der Waals surface area contributed by atoms with E-state index in [9.17, 15) is 24.3 Å². The number of aliphatic hydroxyl groups excluding tert-OH is 1. The average Bonchev–Trinajstić information content (AvgIpc) is 3.05. The number of carbonyl (C=O) groups is 4. The molecule has 7 heteroatoms. The lowest BCUT2D eigenvalue weighted by Gasteiger charge is -2.56. The number of allylic oxidation sites excluding steroid dienone is 5. The second kappa shape index (κ2) is 8.61. The Morgan fingerprint density at radius 3 is 2.46 bits per heavy atom. The summed E-state index contributed by atoms with van der Waals surface area (Å²) in [6.07, 6.45) is 8.75. The molecule has 0 unspecified atom stereocenters. The maximum atomic E-state index is 13.7. The second-order valence-corrected chi connectivity index (χ2v) is 10.6. The highest BCUT2D eigenvalue weighted by Crippen LogP contribution is 2.67. The molecule has 2 saturated carbocycles. The minimum absolute atomic E-state index is 0.0350. The summed E-state index contributed by atoms with van der Waals surface area (Å²) >= 11 is 0. The number of hydrogen-bond donors (Lipinski definition) is 1. The molecule has 0 spiro atoms. The Morgan fingerprint density at radius 1 is 1.11 bits per heavy atom. The lowest BCUT2D eigenvalue weighted by Crippen LogP contribution is -2.60. The van der Waals surface area contributed by atoms with Gasteiger partial charge in [0.15, 0.2) is 18.0 Å². The smallest absolute Gasteiger partial charge is 0.306 e. The van der Waals surface area contributed by atoms with Crippen LogP contribution in [-0.4, -0.2) is 40.8 Å². The van der Waals surface area contributed by atoms with Crippen molar-refractivity contribution in [2.75, 3.05) is 6.61 Å². The van der Waals surface area contributed by atoms with Crippen LogP contribution in [0, 0.1) is 28.6 Å². The summed E-state index contributed by atoms with van der Waals surface area (Å²) < 4.78 is 11.2. The van der Waals surface area contributed by atoms with E-state index in [1.807, 2.05) is 19.9 Å². The number of hydrogen-bond acceptors (Lipinski definition) is 7. The van der Waals surface area contributed by atoms with Crippen LogP contribution in [0.5, 0.6) is 0 Å². The molecule has 7 nitrogen and oxygen atoms in total. The summed E-state index contributed by atoms with van der Waals surface area (Å²) in [7, 11) is 0. The monoisotopic (exact) mass is 482 g/mol. The zero-order valence-electron chi connectivity index (χ0n) is 20.9. The average molecular weight is 483 g/mol. The lowest BCUT2D eigenvalue weighted by atomic mass is 9.48. The van der Waals surface area contributed by atoms with E-state index in [4.69, 9.17) is 9.47 Å². The van der Waals surface area contributed by atoms with Crippen LogP contribution in [0.1, 0.15) is 59.8 Å². The highest BCUT2D eigenvalue weighted by atomic mass is 16.6. The fourth-order valence-electron chi connectivity index (χ4n) is 7.06. The first-order chi connectivity index (χ1) is 16.4.